The van der Waals surface area contributed by atoms with Gasteiger partial charge in [-0.15, -0.1) is 0 Å². The van der Waals surface area contributed by atoms with Gasteiger partial charge in [0, 0.05) is 5.56 Å². The molecule has 0 aromatic heterocycles. The van der Waals surface area contributed by atoms with Crippen LogP contribution in [-0.2, 0) is 9.53 Å². The first-order valence-electron chi connectivity index (χ1n) is 8.49. The summed E-state index contributed by atoms with van der Waals surface area (Å²) < 4.78 is 44.0. The van der Waals surface area contributed by atoms with Crippen LogP contribution < -0.4 is 19.5 Å². The third-order valence-electron chi connectivity index (χ3n) is 3.76. The first kappa shape index (κ1) is 21.3. The summed E-state index contributed by atoms with van der Waals surface area (Å²) in [5, 5.41) is 2.16. The summed E-state index contributed by atoms with van der Waals surface area (Å²) in [7, 11) is 0. The number of rotatable bonds is 6. The molecule has 0 spiro atoms. The van der Waals surface area contributed by atoms with Crippen LogP contribution in [0, 0.1) is 0 Å². The van der Waals surface area contributed by atoms with E-state index in [9.17, 15) is 23.2 Å². The Bertz CT molecular complexity index is 966. The molecule has 1 aliphatic heterocycles. The van der Waals surface area contributed by atoms with Crippen molar-refractivity contribution in [2.75, 3.05) is 19.8 Å². The van der Waals surface area contributed by atoms with Gasteiger partial charge in [-0.3, -0.25) is 14.9 Å². The molecule has 0 bridgehead atoms. The molecule has 0 aliphatic carbocycles. The number of benzene rings is 2. The smallest absolute Gasteiger partial charge is 0.387 e. The van der Waals surface area contributed by atoms with Crippen molar-refractivity contribution in [2.45, 2.75) is 6.61 Å². The van der Waals surface area contributed by atoms with Gasteiger partial charge in [0.05, 0.1) is 10.6 Å². The molecule has 0 fully saturated rings. The molecule has 158 valence electrons. The van der Waals surface area contributed by atoms with E-state index in [4.69, 9.17) is 25.8 Å². The van der Waals surface area contributed by atoms with E-state index in [2.05, 4.69) is 4.74 Å². The van der Waals surface area contributed by atoms with Crippen LogP contribution in [0.1, 0.15) is 20.7 Å². The van der Waals surface area contributed by atoms with Gasteiger partial charge in [0.1, 0.15) is 19.0 Å². The molecular weight excluding hydrogens is 428 g/mol. The highest BCUT2D eigenvalue weighted by atomic mass is 35.5. The molecule has 0 radical (unpaired) electrons. The second-order valence-corrected chi connectivity index (χ2v) is 6.25. The van der Waals surface area contributed by atoms with Gasteiger partial charge in [0.15, 0.2) is 18.1 Å². The van der Waals surface area contributed by atoms with Crippen molar-refractivity contribution in [3.63, 3.8) is 0 Å². The maximum absolute atomic E-state index is 12.2. The molecule has 0 saturated carbocycles. The van der Waals surface area contributed by atoms with Crippen molar-refractivity contribution in [3.8, 4) is 17.2 Å². The molecule has 11 heteroatoms. The number of carbonyl (C=O) groups is 3. The van der Waals surface area contributed by atoms with E-state index in [1.54, 1.807) is 0 Å². The zero-order valence-corrected chi connectivity index (χ0v) is 15.9. The fraction of sp³-hybridized carbons (Fsp3) is 0.211. The lowest BCUT2D eigenvalue weighted by Gasteiger charge is -2.19. The largest absolute Gasteiger partial charge is 0.486 e. The van der Waals surface area contributed by atoms with Crippen LogP contribution >= 0.6 is 11.6 Å². The Morgan fingerprint density at radius 2 is 1.77 bits per heavy atom. The molecule has 0 saturated heterocycles. The number of alkyl halides is 2. The van der Waals surface area contributed by atoms with E-state index in [1.165, 1.54) is 24.3 Å². The number of nitrogens with one attached hydrogen (secondary N) is 1. The number of imide groups is 1. The Labute approximate surface area is 173 Å². The summed E-state index contributed by atoms with van der Waals surface area (Å²) in [6.45, 7) is -3.11. The highest BCUT2D eigenvalue weighted by Crippen LogP contribution is 2.38. The average Bonchev–Trinajstić information content (AvgIpc) is 2.72. The molecule has 2 amide bonds. The zero-order valence-electron chi connectivity index (χ0n) is 15.2. The maximum Gasteiger partial charge on any atom is 0.387 e. The number of hydrogen-bond donors (Lipinski definition) is 1. The van der Waals surface area contributed by atoms with Crippen LogP contribution in [0.25, 0.3) is 0 Å². The van der Waals surface area contributed by atoms with E-state index >= 15 is 0 Å². The third-order valence-corrected chi connectivity index (χ3v) is 4.04. The molecule has 30 heavy (non-hydrogen) atoms. The molecule has 2 aromatic rings. The molecule has 1 aliphatic rings. The fourth-order valence-electron chi connectivity index (χ4n) is 2.47. The van der Waals surface area contributed by atoms with Crippen molar-refractivity contribution >= 4 is 29.4 Å². The minimum atomic E-state index is -3.00. The van der Waals surface area contributed by atoms with Crippen LogP contribution in [0.4, 0.5) is 8.78 Å². The number of ether oxygens (including phenoxy) is 4. The van der Waals surface area contributed by atoms with Gasteiger partial charge in [-0.2, -0.15) is 8.78 Å². The first-order chi connectivity index (χ1) is 14.3. The van der Waals surface area contributed by atoms with Gasteiger partial charge in [0.25, 0.3) is 11.8 Å². The topological polar surface area (TPSA) is 100 Å². The van der Waals surface area contributed by atoms with Crippen LogP contribution in [0.2, 0.25) is 5.02 Å². The van der Waals surface area contributed by atoms with Gasteiger partial charge in [-0.25, -0.2) is 4.79 Å². The highest BCUT2D eigenvalue weighted by molar-refractivity contribution is 6.32. The normalized spacial score (nSPS) is 12.3. The highest BCUT2D eigenvalue weighted by Gasteiger charge is 2.21. The number of halogens is 3. The van der Waals surface area contributed by atoms with Crippen molar-refractivity contribution in [1.82, 2.24) is 5.32 Å². The monoisotopic (exact) mass is 441 g/mol. The van der Waals surface area contributed by atoms with Gasteiger partial charge >= 0.3 is 12.6 Å². The predicted molar refractivity (Wildman–Crippen MR) is 98.3 cm³/mol. The average molecular weight is 442 g/mol. The standard InChI is InChI=1S/C19H14ClF2NO7/c20-13-7-11(8-14-16(13)28-6-5-27-14)18(26)29-9-15(24)23-17(25)10-1-3-12(4-2-10)30-19(21)22/h1-4,7-8,19H,5-6,9H2,(H,23,24,25). The maximum atomic E-state index is 12.2. The van der Waals surface area contributed by atoms with Gasteiger partial charge in [0.2, 0.25) is 0 Å². The van der Waals surface area contributed by atoms with Gasteiger partial charge in [-0.05, 0) is 36.4 Å². The number of fused-ring (bicyclic) bond motifs is 1. The summed E-state index contributed by atoms with van der Waals surface area (Å²) in [6, 6.07) is 7.37. The summed E-state index contributed by atoms with van der Waals surface area (Å²) in [5.74, 6) is -2.09. The predicted octanol–water partition coefficient (Wildman–Crippen LogP) is 2.83. The molecule has 1 N–H and O–H groups in total. The first-order valence-corrected chi connectivity index (χ1v) is 8.86. The summed E-state index contributed by atoms with van der Waals surface area (Å²) in [6.07, 6.45) is 0. The van der Waals surface area contributed by atoms with Crippen molar-refractivity contribution in [3.05, 3.63) is 52.5 Å². The van der Waals surface area contributed by atoms with Crippen molar-refractivity contribution < 1.29 is 42.1 Å². The molecule has 0 unspecified atom stereocenters. The molecule has 0 atom stereocenters. The molecule has 8 nitrogen and oxygen atoms in total. The molecule has 3 rings (SSSR count). The summed E-state index contributed by atoms with van der Waals surface area (Å²) >= 11 is 6.04. The Kier molecular flexibility index (Phi) is 6.68. The minimum absolute atomic E-state index is 0.0231. The fourth-order valence-corrected chi connectivity index (χ4v) is 2.73. The Morgan fingerprint density at radius 3 is 2.47 bits per heavy atom. The van der Waals surface area contributed by atoms with Crippen LogP contribution in [0.5, 0.6) is 17.2 Å². The molecular formula is C19H14ClF2NO7. The summed E-state index contributed by atoms with van der Waals surface area (Å²) in [4.78, 5) is 36.0. The lowest BCUT2D eigenvalue weighted by atomic mass is 10.2. The van der Waals surface area contributed by atoms with E-state index in [0.29, 0.717) is 19.0 Å². The van der Waals surface area contributed by atoms with Crippen molar-refractivity contribution in [1.29, 1.82) is 0 Å². The zero-order chi connectivity index (χ0) is 21.7. The quantitative estimate of drug-likeness (QED) is 0.688. The van der Waals surface area contributed by atoms with Gasteiger partial charge < -0.3 is 18.9 Å². The number of carbonyl (C=O) groups excluding carboxylic acids is 3. The van der Waals surface area contributed by atoms with E-state index < -0.39 is 31.0 Å². The SMILES string of the molecule is O=C(COC(=O)c1cc(Cl)c2c(c1)OCCO2)NC(=O)c1ccc(OC(F)F)cc1. The summed E-state index contributed by atoms with van der Waals surface area (Å²) in [5.41, 5.74) is 0.0629. The number of amides is 2. The van der Waals surface area contributed by atoms with E-state index in [-0.39, 0.29) is 27.6 Å². The second-order valence-electron chi connectivity index (χ2n) is 5.84. The van der Waals surface area contributed by atoms with Gasteiger partial charge in [-0.1, -0.05) is 11.6 Å². The molecule has 1 heterocycles. The number of hydrogen-bond acceptors (Lipinski definition) is 7. The molecule has 2 aromatic carbocycles. The van der Waals surface area contributed by atoms with E-state index in [1.807, 2.05) is 5.32 Å². The minimum Gasteiger partial charge on any atom is -0.486 e. The van der Waals surface area contributed by atoms with Crippen LogP contribution in [0.3, 0.4) is 0 Å². The Morgan fingerprint density at radius 1 is 1.07 bits per heavy atom. The number of esters is 1. The third kappa shape index (κ3) is 5.35. The van der Waals surface area contributed by atoms with Crippen LogP contribution in [0.15, 0.2) is 36.4 Å². The Balaban J connectivity index is 1.53. The second kappa shape index (κ2) is 9.40. The van der Waals surface area contributed by atoms with E-state index in [0.717, 1.165) is 12.1 Å². The van der Waals surface area contributed by atoms with Crippen molar-refractivity contribution in [2.24, 2.45) is 0 Å². The lowest BCUT2D eigenvalue weighted by Crippen LogP contribution is -2.34. The lowest BCUT2D eigenvalue weighted by molar-refractivity contribution is -0.123. The Hall–Kier alpha value is -3.40. The van der Waals surface area contributed by atoms with Crippen LogP contribution in [-0.4, -0.2) is 44.2 Å².